The molecule has 2 atom stereocenters. The Labute approximate surface area is 324 Å². The third-order valence-electron chi connectivity index (χ3n) is 11.4. The number of benzene rings is 6. The van der Waals surface area contributed by atoms with Gasteiger partial charge in [-0.2, -0.15) is 4.58 Å². The van der Waals surface area contributed by atoms with Gasteiger partial charge >= 0.3 is 0 Å². The molecule has 6 aromatic carbocycles. The summed E-state index contributed by atoms with van der Waals surface area (Å²) in [7, 11) is 4.45. The number of allylic oxidation sites excluding steroid dienone is 6. The van der Waals surface area contributed by atoms with Crippen molar-refractivity contribution >= 4 is 38.6 Å². The van der Waals surface area contributed by atoms with Crippen molar-refractivity contribution in [3.05, 3.63) is 191 Å². The van der Waals surface area contributed by atoms with Crippen LogP contribution in [0, 0.1) is 6.92 Å². The summed E-state index contributed by atoms with van der Waals surface area (Å²) in [6, 6.07) is 46.6. The zero-order chi connectivity index (χ0) is 38.5. The van der Waals surface area contributed by atoms with Gasteiger partial charge in [0.15, 0.2) is 5.71 Å². The van der Waals surface area contributed by atoms with Crippen LogP contribution in [-0.4, -0.2) is 24.4 Å². The van der Waals surface area contributed by atoms with E-state index in [1.54, 1.807) is 0 Å². The first-order valence-electron chi connectivity index (χ1n) is 19.8. The molecule has 2 aliphatic rings. The van der Waals surface area contributed by atoms with Crippen molar-refractivity contribution in [1.29, 1.82) is 0 Å². The quantitative estimate of drug-likeness (QED) is 0.118. The van der Waals surface area contributed by atoms with Crippen LogP contribution in [0.3, 0.4) is 0 Å². The van der Waals surface area contributed by atoms with Crippen LogP contribution < -0.4 is 4.90 Å². The van der Waals surface area contributed by atoms with Crippen LogP contribution in [0.5, 0.6) is 0 Å². The topological polar surface area (TPSA) is 6.25 Å². The Morgan fingerprint density at radius 3 is 1.87 bits per heavy atom. The fraction of sp³-hybridized carbons (Fsp3) is 0.250. The standard InChI is InChI=1S/C48H45N2.2C2H6/c1-34-18-12-13-23-38(34)33-48(3)44(50(5)42-31-29-37-22-15-17-25-40(37)46(42)48)27-11-7-10-26-43-47(2,32-35-19-8-6-9-20-35)45-39-24-16-14-21-36(39)28-30-41(45)49(43)4;2*1-2/h6-31H,32-33H2,1-5H3;2*1-2H3/q+1;;. The molecule has 2 unspecified atom stereocenters. The van der Waals surface area contributed by atoms with Gasteiger partial charge in [0.05, 0.1) is 5.41 Å². The van der Waals surface area contributed by atoms with Crippen LogP contribution in [0.15, 0.2) is 163 Å². The summed E-state index contributed by atoms with van der Waals surface area (Å²) in [5.41, 5.74) is 11.7. The molecule has 0 bridgehead atoms. The molecule has 0 amide bonds. The number of anilines is 1. The summed E-state index contributed by atoms with van der Waals surface area (Å²) in [5, 5.41) is 5.26. The van der Waals surface area contributed by atoms with Gasteiger partial charge in [0.2, 0.25) is 5.69 Å². The number of hydrogen-bond donors (Lipinski definition) is 0. The minimum absolute atomic E-state index is 0.185. The first kappa shape index (κ1) is 38.3. The molecule has 0 N–H and O–H groups in total. The number of fused-ring (bicyclic) bond motifs is 6. The molecule has 0 saturated carbocycles. The summed E-state index contributed by atoms with van der Waals surface area (Å²) in [5.74, 6) is 0. The van der Waals surface area contributed by atoms with Gasteiger partial charge in [0, 0.05) is 41.6 Å². The van der Waals surface area contributed by atoms with Gasteiger partial charge in [-0.1, -0.05) is 155 Å². The summed E-state index contributed by atoms with van der Waals surface area (Å²) < 4.78 is 2.40. The van der Waals surface area contributed by atoms with Crippen molar-refractivity contribution in [2.24, 2.45) is 0 Å². The molecule has 54 heavy (non-hydrogen) atoms. The smallest absolute Gasteiger partial charge is 0.210 e. The summed E-state index contributed by atoms with van der Waals surface area (Å²) >= 11 is 0. The van der Waals surface area contributed by atoms with Crippen molar-refractivity contribution < 1.29 is 4.58 Å². The minimum Gasteiger partial charge on any atom is -0.347 e. The van der Waals surface area contributed by atoms with Crippen molar-refractivity contribution in [2.75, 3.05) is 19.0 Å². The van der Waals surface area contributed by atoms with Crippen molar-refractivity contribution in [2.45, 2.75) is 72.1 Å². The van der Waals surface area contributed by atoms with Crippen LogP contribution >= 0.6 is 0 Å². The molecule has 2 aliphatic heterocycles. The van der Waals surface area contributed by atoms with Crippen molar-refractivity contribution in [3.63, 3.8) is 0 Å². The van der Waals surface area contributed by atoms with E-state index in [-0.39, 0.29) is 10.8 Å². The lowest BCUT2D eigenvalue weighted by atomic mass is 9.73. The highest BCUT2D eigenvalue weighted by molar-refractivity contribution is 6.08. The van der Waals surface area contributed by atoms with E-state index in [0.717, 1.165) is 12.8 Å². The monoisotopic (exact) mass is 709 g/mol. The maximum absolute atomic E-state index is 2.43. The Bertz CT molecular complexity index is 2390. The average Bonchev–Trinajstić information content (AvgIpc) is 3.56. The molecule has 0 saturated heterocycles. The fourth-order valence-electron chi connectivity index (χ4n) is 9.00. The van der Waals surface area contributed by atoms with Crippen LogP contribution in [0.4, 0.5) is 11.4 Å². The number of hydrogen-bond acceptors (Lipinski definition) is 1. The van der Waals surface area contributed by atoms with Crippen LogP contribution in [0.1, 0.15) is 69.4 Å². The van der Waals surface area contributed by atoms with Crippen molar-refractivity contribution in [3.8, 4) is 0 Å². The Kier molecular flexibility index (Phi) is 11.5. The van der Waals surface area contributed by atoms with E-state index in [0.29, 0.717) is 0 Å². The first-order valence-corrected chi connectivity index (χ1v) is 19.8. The highest BCUT2D eigenvalue weighted by Gasteiger charge is 2.48. The lowest BCUT2D eigenvalue weighted by molar-refractivity contribution is -0.401. The van der Waals surface area contributed by atoms with Gasteiger partial charge < -0.3 is 4.90 Å². The summed E-state index contributed by atoms with van der Waals surface area (Å²) in [4.78, 5) is 2.41. The molecule has 2 heteroatoms. The fourth-order valence-corrected chi connectivity index (χ4v) is 9.00. The molecule has 2 nitrogen and oxygen atoms in total. The SMILES string of the molecule is CC.CC.Cc1ccccc1CC1(C)\C(=C/C=C/C=C/C2=[N+](C)c3ccc4ccccc4c3C2(C)Cc2ccccc2)N(C)c2ccc3ccccc3c21. The van der Waals surface area contributed by atoms with Gasteiger partial charge in [-0.15, -0.1) is 0 Å². The predicted molar refractivity (Wildman–Crippen MR) is 236 cm³/mol. The molecule has 8 rings (SSSR count). The predicted octanol–water partition coefficient (Wildman–Crippen LogP) is 13.2. The van der Waals surface area contributed by atoms with Gasteiger partial charge in [0.1, 0.15) is 7.05 Å². The molecule has 0 aliphatic carbocycles. The van der Waals surface area contributed by atoms with Crippen LogP contribution in [-0.2, 0) is 23.7 Å². The number of rotatable bonds is 7. The number of nitrogens with zero attached hydrogens (tertiary/aromatic N) is 2. The molecule has 274 valence electrons. The first-order chi connectivity index (χ1) is 26.3. The lowest BCUT2D eigenvalue weighted by Crippen LogP contribution is -2.33. The van der Waals surface area contributed by atoms with E-state index in [2.05, 4.69) is 202 Å². The summed E-state index contributed by atoms with van der Waals surface area (Å²) in [6.07, 6.45) is 13.2. The third-order valence-corrected chi connectivity index (χ3v) is 11.4. The van der Waals surface area contributed by atoms with E-state index >= 15 is 0 Å². The molecule has 0 radical (unpaired) electrons. The van der Waals surface area contributed by atoms with E-state index in [4.69, 9.17) is 0 Å². The molecular weight excluding hydrogens is 653 g/mol. The van der Waals surface area contributed by atoms with E-state index in [9.17, 15) is 0 Å². The zero-order valence-electron chi connectivity index (χ0n) is 33.8. The highest BCUT2D eigenvalue weighted by Crippen LogP contribution is 2.52. The van der Waals surface area contributed by atoms with Crippen LogP contribution in [0.2, 0.25) is 0 Å². The maximum Gasteiger partial charge on any atom is 0.210 e. The molecule has 0 aromatic heterocycles. The zero-order valence-corrected chi connectivity index (χ0v) is 33.8. The Balaban J connectivity index is 0.00000120. The lowest BCUT2D eigenvalue weighted by Gasteiger charge is -2.30. The second-order valence-corrected chi connectivity index (χ2v) is 14.6. The third kappa shape index (κ3) is 6.75. The minimum atomic E-state index is -0.192. The molecule has 0 fully saturated rings. The van der Waals surface area contributed by atoms with E-state index in [1.165, 1.54) is 72.1 Å². The van der Waals surface area contributed by atoms with Gasteiger partial charge in [0.25, 0.3) is 0 Å². The Morgan fingerprint density at radius 1 is 0.593 bits per heavy atom. The molecule has 6 aromatic rings. The largest absolute Gasteiger partial charge is 0.347 e. The van der Waals surface area contributed by atoms with Gasteiger partial charge in [-0.3, -0.25) is 0 Å². The second-order valence-electron chi connectivity index (χ2n) is 14.6. The van der Waals surface area contributed by atoms with Crippen molar-refractivity contribution in [1.82, 2.24) is 0 Å². The Hall–Kier alpha value is -5.47. The maximum atomic E-state index is 2.43. The average molecular weight is 710 g/mol. The van der Waals surface area contributed by atoms with Gasteiger partial charge in [-0.25, -0.2) is 0 Å². The van der Waals surface area contributed by atoms with E-state index < -0.39 is 0 Å². The normalized spacial score (nSPS) is 19.6. The second kappa shape index (κ2) is 16.3. The highest BCUT2D eigenvalue weighted by atomic mass is 15.2. The number of aryl methyl sites for hydroxylation is 1. The van der Waals surface area contributed by atoms with Crippen LogP contribution in [0.25, 0.3) is 21.5 Å². The molecular formula is C52H57N2+. The Morgan fingerprint density at radius 2 is 1.19 bits per heavy atom. The number of likely N-dealkylation sites (N-methyl/N-ethyl adjacent to an activating group) is 1. The summed E-state index contributed by atoms with van der Waals surface area (Å²) in [6.45, 7) is 15.1. The van der Waals surface area contributed by atoms with Gasteiger partial charge in [-0.05, 0) is 95.6 Å². The molecule has 2 heterocycles. The van der Waals surface area contributed by atoms with E-state index in [1.807, 2.05) is 27.7 Å². The molecule has 0 spiro atoms.